The van der Waals surface area contributed by atoms with E-state index in [2.05, 4.69) is 4.98 Å². The highest BCUT2D eigenvalue weighted by molar-refractivity contribution is 5.78. The number of imidazole rings is 1. The first-order chi connectivity index (χ1) is 13.1. The summed E-state index contributed by atoms with van der Waals surface area (Å²) in [6.45, 7) is 5.57. The molecule has 0 saturated carbocycles. The number of rotatable bonds is 4. The Bertz CT molecular complexity index is 910. The van der Waals surface area contributed by atoms with Crippen LogP contribution in [0.5, 0.6) is 5.75 Å². The van der Waals surface area contributed by atoms with Crippen LogP contribution >= 0.6 is 0 Å². The zero-order valence-electron chi connectivity index (χ0n) is 15.9. The fourth-order valence-electron chi connectivity index (χ4n) is 3.84. The van der Waals surface area contributed by atoms with Gasteiger partial charge in [-0.05, 0) is 49.9 Å². The molecule has 5 heteroatoms. The van der Waals surface area contributed by atoms with Gasteiger partial charge in [-0.1, -0.05) is 30.3 Å². The molecule has 2 heterocycles. The van der Waals surface area contributed by atoms with Crippen LogP contribution in [0, 0.1) is 13.8 Å². The van der Waals surface area contributed by atoms with E-state index in [1.807, 2.05) is 61.2 Å². The summed E-state index contributed by atoms with van der Waals surface area (Å²) in [4.78, 5) is 22.8. The third kappa shape index (κ3) is 3.68. The molecule has 27 heavy (non-hydrogen) atoms. The average molecular weight is 363 g/mol. The predicted molar refractivity (Wildman–Crippen MR) is 106 cm³/mol. The van der Waals surface area contributed by atoms with Gasteiger partial charge in [0, 0.05) is 19.0 Å². The molecule has 0 aliphatic carbocycles. The third-order valence-electron chi connectivity index (χ3n) is 5.32. The van der Waals surface area contributed by atoms with Gasteiger partial charge in [-0.3, -0.25) is 4.79 Å². The number of carbonyl (C=O) groups excluding carboxylic acids is 1. The number of likely N-dealkylation sites (tertiary alicyclic amines) is 1. The molecule has 4 rings (SSSR count). The lowest BCUT2D eigenvalue weighted by Crippen LogP contribution is -2.41. The Kier molecular flexibility index (Phi) is 4.84. The highest BCUT2D eigenvalue weighted by atomic mass is 16.5. The van der Waals surface area contributed by atoms with Crippen molar-refractivity contribution >= 4 is 16.9 Å². The van der Waals surface area contributed by atoms with Crippen molar-refractivity contribution in [2.75, 3.05) is 19.7 Å². The molecule has 1 amide bonds. The molecule has 1 aliphatic heterocycles. The molecule has 1 saturated heterocycles. The van der Waals surface area contributed by atoms with E-state index in [0.29, 0.717) is 6.54 Å². The van der Waals surface area contributed by atoms with E-state index in [1.54, 1.807) is 0 Å². The number of ether oxygens (including phenoxy) is 1. The Morgan fingerprint density at radius 2 is 1.96 bits per heavy atom. The number of H-pyrrole nitrogens is 1. The molecule has 1 aliphatic rings. The van der Waals surface area contributed by atoms with E-state index in [-0.39, 0.29) is 18.4 Å². The first-order valence-corrected chi connectivity index (χ1v) is 9.53. The maximum atomic E-state index is 12.7. The number of carbonyl (C=O) groups is 1. The van der Waals surface area contributed by atoms with Crippen LogP contribution in [0.15, 0.2) is 42.5 Å². The number of hydrogen-bond acceptors (Lipinski definition) is 3. The average Bonchev–Trinajstić information content (AvgIpc) is 3.12. The largest absolute Gasteiger partial charge is 0.483 e. The summed E-state index contributed by atoms with van der Waals surface area (Å²) in [7, 11) is 0. The van der Waals surface area contributed by atoms with E-state index in [1.165, 1.54) is 0 Å². The summed E-state index contributed by atoms with van der Waals surface area (Å²) in [6.07, 6.45) is 2.03. The Balaban J connectivity index is 1.42. The van der Waals surface area contributed by atoms with Crippen LogP contribution in [0.3, 0.4) is 0 Å². The van der Waals surface area contributed by atoms with Gasteiger partial charge in [0.1, 0.15) is 11.6 Å². The highest BCUT2D eigenvalue weighted by Gasteiger charge is 2.27. The zero-order valence-corrected chi connectivity index (χ0v) is 15.9. The number of para-hydroxylation sites is 3. The van der Waals surface area contributed by atoms with E-state index >= 15 is 0 Å². The second kappa shape index (κ2) is 7.43. The molecule has 0 radical (unpaired) electrons. The van der Waals surface area contributed by atoms with Crippen molar-refractivity contribution in [3.8, 4) is 5.75 Å². The highest BCUT2D eigenvalue weighted by Crippen LogP contribution is 2.27. The van der Waals surface area contributed by atoms with E-state index < -0.39 is 0 Å². The second-order valence-corrected chi connectivity index (χ2v) is 7.33. The van der Waals surface area contributed by atoms with Gasteiger partial charge >= 0.3 is 0 Å². The standard InChI is InChI=1S/C22H25N3O2/c1-15-7-5-8-16(2)21(15)27-14-20(26)25-12-6-9-17(13-25)22-23-18-10-3-4-11-19(18)24-22/h3-5,7-8,10-11,17H,6,9,12-14H2,1-2H3,(H,23,24). The molecule has 1 fully saturated rings. The van der Waals surface area contributed by atoms with Crippen molar-refractivity contribution in [2.24, 2.45) is 0 Å². The Morgan fingerprint density at radius 3 is 2.74 bits per heavy atom. The fourth-order valence-corrected chi connectivity index (χ4v) is 3.84. The minimum absolute atomic E-state index is 0.0402. The lowest BCUT2D eigenvalue weighted by molar-refractivity contribution is -0.134. The van der Waals surface area contributed by atoms with Gasteiger partial charge in [-0.15, -0.1) is 0 Å². The number of aromatic nitrogens is 2. The number of aryl methyl sites for hydroxylation is 2. The smallest absolute Gasteiger partial charge is 0.260 e. The maximum Gasteiger partial charge on any atom is 0.260 e. The van der Waals surface area contributed by atoms with Crippen LogP contribution in [-0.2, 0) is 4.79 Å². The van der Waals surface area contributed by atoms with Crippen LogP contribution in [0.2, 0.25) is 0 Å². The number of amides is 1. The second-order valence-electron chi connectivity index (χ2n) is 7.33. The summed E-state index contributed by atoms with van der Waals surface area (Å²) < 4.78 is 5.86. The van der Waals surface area contributed by atoms with Crippen molar-refractivity contribution in [3.05, 3.63) is 59.4 Å². The predicted octanol–water partition coefficient (Wildman–Crippen LogP) is 3.96. The zero-order chi connectivity index (χ0) is 18.8. The van der Waals surface area contributed by atoms with E-state index in [9.17, 15) is 4.79 Å². The van der Waals surface area contributed by atoms with Crippen LogP contribution in [-0.4, -0.2) is 40.5 Å². The minimum Gasteiger partial charge on any atom is -0.483 e. The van der Waals surface area contributed by atoms with Gasteiger partial charge in [0.05, 0.1) is 11.0 Å². The van der Waals surface area contributed by atoms with Crippen molar-refractivity contribution in [1.29, 1.82) is 0 Å². The van der Waals surface area contributed by atoms with Crippen molar-refractivity contribution < 1.29 is 9.53 Å². The van der Waals surface area contributed by atoms with Crippen LogP contribution < -0.4 is 4.74 Å². The molecule has 0 spiro atoms. The van der Waals surface area contributed by atoms with Gasteiger partial charge in [0.15, 0.2) is 6.61 Å². The van der Waals surface area contributed by atoms with Crippen molar-refractivity contribution in [3.63, 3.8) is 0 Å². The Morgan fingerprint density at radius 1 is 1.19 bits per heavy atom. The molecule has 1 N–H and O–H groups in total. The summed E-state index contributed by atoms with van der Waals surface area (Å²) in [6, 6.07) is 14.1. The summed E-state index contributed by atoms with van der Waals surface area (Å²) >= 11 is 0. The first-order valence-electron chi connectivity index (χ1n) is 9.53. The molecule has 140 valence electrons. The normalized spacial score (nSPS) is 17.3. The summed E-state index contributed by atoms with van der Waals surface area (Å²) in [5.41, 5.74) is 4.15. The molecular weight excluding hydrogens is 338 g/mol. The number of nitrogens with one attached hydrogen (secondary N) is 1. The van der Waals surface area contributed by atoms with E-state index in [0.717, 1.165) is 53.1 Å². The number of piperidine rings is 1. The van der Waals surface area contributed by atoms with Crippen LogP contribution in [0.1, 0.15) is 35.7 Å². The summed E-state index contributed by atoms with van der Waals surface area (Å²) in [5.74, 6) is 2.08. The van der Waals surface area contributed by atoms with Crippen molar-refractivity contribution in [1.82, 2.24) is 14.9 Å². The topological polar surface area (TPSA) is 58.2 Å². The molecule has 1 atom stereocenters. The van der Waals surface area contributed by atoms with Gasteiger partial charge in [0.25, 0.3) is 5.91 Å². The van der Waals surface area contributed by atoms with Gasteiger partial charge in [0.2, 0.25) is 0 Å². The van der Waals surface area contributed by atoms with Gasteiger partial charge in [-0.2, -0.15) is 0 Å². The fraction of sp³-hybridized carbons (Fsp3) is 0.364. The minimum atomic E-state index is 0.0402. The molecular formula is C22H25N3O2. The van der Waals surface area contributed by atoms with Crippen molar-refractivity contribution in [2.45, 2.75) is 32.6 Å². The Labute approximate surface area is 159 Å². The molecule has 0 bridgehead atoms. The lowest BCUT2D eigenvalue weighted by Gasteiger charge is -2.32. The van der Waals surface area contributed by atoms with Crippen LogP contribution in [0.25, 0.3) is 11.0 Å². The number of benzene rings is 2. The SMILES string of the molecule is Cc1cccc(C)c1OCC(=O)N1CCCC(c2nc3ccccc3[nH]2)C1. The first kappa shape index (κ1) is 17.6. The van der Waals surface area contributed by atoms with Gasteiger partial charge < -0.3 is 14.6 Å². The molecule has 2 aromatic carbocycles. The van der Waals surface area contributed by atoms with Gasteiger partial charge in [-0.25, -0.2) is 4.98 Å². The van der Waals surface area contributed by atoms with E-state index in [4.69, 9.17) is 9.72 Å². The van der Waals surface area contributed by atoms with Crippen LogP contribution in [0.4, 0.5) is 0 Å². The number of hydrogen-bond donors (Lipinski definition) is 1. The third-order valence-corrected chi connectivity index (χ3v) is 5.32. The monoisotopic (exact) mass is 363 g/mol. The molecule has 5 nitrogen and oxygen atoms in total. The number of nitrogens with zero attached hydrogens (tertiary/aromatic N) is 2. The molecule has 1 unspecified atom stereocenters. The quantitative estimate of drug-likeness (QED) is 0.763. The molecule has 3 aromatic rings. The number of aromatic amines is 1. The lowest BCUT2D eigenvalue weighted by atomic mass is 9.97. The maximum absolute atomic E-state index is 12.7. The molecule has 1 aromatic heterocycles. The Hall–Kier alpha value is -2.82. The summed E-state index contributed by atoms with van der Waals surface area (Å²) in [5, 5.41) is 0. The number of fused-ring (bicyclic) bond motifs is 1.